The summed E-state index contributed by atoms with van der Waals surface area (Å²) in [7, 11) is 0. The topological polar surface area (TPSA) is 29.1 Å². The summed E-state index contributed by atoms with van der Waals surface area (Å²) < 4.78 is 0. The monoisotopic (exact) mass is 323 g/mol. The summed E-state index contributed by atoms with van der Waals surface area (Å²) in [6.07, 6.45) is 6.04. The van der Waals surface area contributed by atoms with Crippen LogP contribution in [0.2, 0.25) is 5.02 Å². The number of nitrogens with one attached hydrogen (secondary N) is 1. The highest BCUT2D eigenvalue weighted by Crippen LogP contribution is 2.44. The zero-order chi connectivity index (χ0) is 14.8. The smallest absolute Gasteiger partial charge is 0.233 e. The molecule has 3 rings (SSSR count). The second-order valence-electron chi connectivity index (χ2n) is 6.26. The molecule has 4 heteroatoms. The second-order valence-corrected chi connectivity index (χ2v) is 7.97. The quantitative estimate of drug-likeness (QED) is 0.807. The number of hydrogen-bond donors (Lipinski definition) is 1. The van der Waals surface area contributed by atoms with Crippen molar-refractivity contribution >= 4 is 29.3 Å². The number of hydrogen-bond acceptors (Lipinski definition) is 2. The van der Waals surface area contributed by atoms with E-state index in [1.54, 1.807) is 11.8 Å². The molecule has 2 aliphatic rings. The highest BCUT2D eigenvalue weighted by atomic mass is 35.5. The molecule has 21 heavy (non-hydrogen) atoms. The molecule has 2 nitrogen and oxygen atoms in total. The molecular formula is C17H22ClNOS. The van der Waals surface area contributed by atoms with Crippen molar-refractivity contribution in [3.8, 4) is 0 Å². The summed E-state index contributed by atoms with van der Waals surface area (Å²) in [5.41, 5.74) is 0. The number of fused-ring (bicyclic) bond motifs is 2. The molecule has 2 aliphatic carbocycles. The fraction of sp³-hybridized carbons (Fsp3) is 0.588. The Morgan fingerprint density at radius 2 is 2.10 bits per heavy atom. The molecule has 2 bridgehead atoms. The SMILES string of the molecule is CC[C@H](Sc1ccc(Cl)cc1)C(=O)N[C@@H]1C[C@H]2CC[C@H]1C2. The summed E-state index contributed by atoms with van der Waals surface area (Å²) >= 11 is 7.54. The minimum absolute atomic E-state index is 0.00898. The zero-order valence-corrected chi connectivity index (χ0v) is 13.9. The number of benzene rings is 1. The molecule has 0 unspecified atom stereocenters. The van der Waals surface area contributed by atoms with Crippen LogP contribution in [0.1, 0.15) is 39.0 Å². The average molecular weight is 324 g/mol. The molecule has 0 saturated heterocycles. The van der Waals surface area contributed by atoms with Crippen LogP contribution in [0.3, 0.4) is 0 Å². The second kappa shape index (κ2) is 6.62. The molecule has 2 saturated carbocycles. The number of rotatable bonds is 5. The van der Waals surface area contributed by atoms with E-state index in [1.165, 1.54) is 25.7 Å². The van der Waals surface area contributed by atoms with Gasteiger partial charge in [-0.05, 0) is 61.8 Å². The van der Waals surface area contributed by atoms with Gasteiger partial charge in [-0.2, -0.15) is 0 Å². The van der Waals surface area contributed by atoms with Crippen molar-refractivity contribution in [3.63, 3.8) is 0 Å². The van der Waals surface area contributed by atoms with E-state index >= 15 is 0 Å². The maximum absolute atomic E-state index is 12.5. The fourth-order valence-electron chi connectivity index (χ4n) is 3.70. The van der Waals surface area contributed by atoms with Gasteiger partial charge in [0, 0.05) is 16.0 Å². The molecule has 4 atom stereocenters. The third kappa shape index (κ3) is 3.57. The first-order valence-electron chi connectivity index (χ1n) is 7.88. The number of thioether (sulfide) groups is 1. The molecule has 0 aromatic heterocycles. The molecule has 0 heterocycles. The van der Waals surface area contributed by atoms with E-state index < -0.39 is 0 Å². The largest absolute Gasteiger partial charge is 0.352 e. The van der Waals surface area contributed by atoms with Crippen LogP contribution >= 0.6 is 23.4 Å². The van der Waals surface area contributed by atoms with Gasteiger partial charge >= 0.3 is 0 Å². The Morgan fingerprint density at radius 1 is 1.33 bits per heavy atom. The number of carbonyl (C=O) groups is 1. The fourth-order valence-corrected chi connectivity index (χ4v) is 4.79. The predicted octanol–water partition coefficient (Wildman–Crippen LogP) is 4.52. The van der Waals surface area contributed by atoms with Gasteiger partial charge in [0.2, 0.25) is 5.91 Å². The third-order valence-corrected chi connectivity index (χ3v) is 6.45. The van der Waals surface area contributed by atoms with Gasteiger partial charge in [-0.25, -0.2) is 0 Å². The van der Waals surface area contributed by atoms with E-state index in [0.717, 1.165) is 28.2 Å². The Balaban J connectivity index is 1.57. The highest BCUT2D eigenvalue weighted by molar-refractivity contribution is 8.00. The average Bonchev–Trinajstić information content (AvgIpc) is 3.09. The van der Waals surface area contributed by atoms with Crippen LogP contribution in [0.15, 0.2) is 29.2 Å². The molecule has 1 aromatic rings. The molecule has 1 N–H and O–H groups in total. The highest BCUT2D eigenvalue weighted by Gasteiger charge is 2.40. The summed E-state index contributed by atoms with van der Waals surface area (Å²) in [6, 6.07) is 8.16. The molecule has 0 radical (unpaired) electrons. The number of amides is 1. The summed E-state index contributed by atoms with van der Waals surface area (Å²) in [6.45, 7) is 2.08. The Labute approximate surface area is 136 Å². The number of halogens is 1. The van der Waals surface area contributed by atoms with Crippen LogP contribution in [0.4, 0.5) is 0 Å². The molecule has 1 aromatic carbocycles. The van der Waals surface area contributed by atoms with Crippen LogP contribution in [-0.2, 0) is 4.79 Å². The zero-order valence-electron chi connectivity index (χ0n) is 12.3. The lowest BCUT2D eigenvalue weighted by Gasteiger charge is -2.25. The molecule has 0 spiro atoms. The van der Waals surface area contributed by atoms with Gasteiger partial charge < -0.3 is 5.32 Å². The lowest BCUT2D eigenvalue weighted by molar-refractivity contribution is -0.121. The minimum atomic E-state index is -0.00898. The van der Waals surface area contributed by atoms with Crippen molar-refractivity contribution in [1.29, 1.82) is 0 Å². The van der Waals surface area contributed by atoms with E-state index in [2.05, 4.69) is 12.2 Å². The van der Waals surface area contributed by atoms with E-state index in [1.807, 2.05) is 24.3 Å². The Kier molecular flexibility index (Phi) is 4.80. The normalized spacial score (nSPS) is 28.6. The van der Waals surface area contributed by atoms with E-state index in [9.17, 15) is 4.79 Å². The van der Waals surface area contributed by atoms with Gasteiger partial charge in [0.05, 0.1) is 5.25 Å². The van der Waals surface area contributed by atoms with Crippen LogP contribution in [-0.4, -0.2) is 17.2 Å². The Hall–Kier alpha value is -0.670. The van der Waals surface area contributed by atoms with Crippen LogP contribution in [0.25, 0.3) is 0 Å². The van der Waals surface area contributed by atoms with Crippen molar-refractivity contribution in [1.82, 2.24) is 5.32 Å². The predicted molar refractivity (Wildman–Crippen MR) is 88.8 cm³/mol. The lowest BCUT2D eigenvalue weighted by atomic mass is 9.95. The third-order valence-electron chi connectivity index (χ3n) is 4.82. The summed E-state index contributed by atoms with van der Waals surface area (Å²) in [4.78, 5) is 13.6. The van der Waals surface area contributed by atoms with Gasteiger partial charge in [0.1, 0.15) is 0 Å². The first kappa shape index (κ1) is 15.2. The maximum Gasteiger partial charge on any atom is 0.233 e. The van der Waals surface area contributed by atoms with Gasteiger partial charge in [-0.3, -0.25) is 4.79 Å². The molecule has 1 amide bonds. The molecule has 114 valence electrons. The lowest BCUT2D eigenvalue weighted by Crippen LogP contribution is -2.42. The number of carbonyl (C=O) groups excluding carboxylic acids is 1. The maximum atomic E-state index is 12.5. The Morgan fingerprint density at radius 3 is 2.67 bits per heavy atom. The first-order valence-corrected chi connectivity index (χ1v) is 9.14. The van der Waals surface area contributed by atoms with Gasteiger partial charge in [0.25, 0.3) is 0 Å². The van der Waals surface area contributed by atoms with Gasteiger partial charge in [-0.1, -0.05) is 24.9 Å². The van der Waals surface area contributed by atoms with Crippen LogP contribution < -0.4 is 5.32 Å². The Bertz CT molecular complexity index is 504. The molecule has 2 fully saturated rings. The van der Waals surface area contributed by atoms with Crippen LogP contribution in [0.5, 0.6) is 0 Å². The van der Waals surface area contributed by atoms with E-state index in [-0.39, 0.29) is 11.2 Å². The van der Waals surface area contributed by atoms with Crippen molar-refractivity contribution in [2.45, 2.75) is 55.2 Å². The summed E-state index contributed by atoms with van der Waals surface area (Å²) in [5, 5.41) is 4.03. The van der Waals surface area contributed by atoms with Crippen molar-refractivity contribution in [3.05, 3.63) is 29.3 Å². The van der Waals surface area contributed by atoms with Crippen molar-refractivity contribution in [2.75, 3.05) is 0 Å². The molecule has 0 aliphatic heterocycles. The first-order chi connectivity index (χ1) is 10.2. The van der Waals surface area contributed by atoms with E-state index in [4.69, 9.17) is 11.6 Å². The summed E-state index contributed by atoms with van der Waals surface area (Å²) in [5.74, 6) is 1.80. The van der Waals surface area contributed by atoms with Gasteiger partial charge in [0.15, 0.2) is 0 Å². The van der Waals surface area contributed by atoms with Gasteiger partial charge in [-0.15, -0.1) is 11.8 Å². The van der Waals surface area contributed by atoms with Crippen molar-refractivity contribution in [2.24, 2.45) is 11.8 Å². The molecular weight excluding hydrogens is 302 g/mol. The van der Waals surface area contributed by atoms with Crippen molar-refractivity contribution < 1.29 is 4.79 Å². The standard InChI is InChI=1S/C17H22ClNOS/c1-2-16(21-14-7-5-13(18)6-8-14)17(20)19-15-10-11-3-4-12(15)9-11/h5-8,11-12,15-16H,2-4,9-10H2,1H3,(H,19,20)/t11-,12-,15+,16-/m0/s1. The van der Waals surface area contributed by atoms with E-state index in [0.29, 0.717) is 6.04 Å². The minimum Gasteiger partial charge on any atom is -0.352 e. The van der Waals surface area contributed by atoms with Crippen LogP contribution in [0, 0.1) is 11.8 Å².